The molecule has 0 saturated heterocycles. The first-order valence-electron chi connectivity index (χ1n) is 6.77. The summed E-state index contributed by atoms with van der Waals surface area (Å²) in [6.07, 6.45) is 2.95. The Morgan fingerprint density at radius 3 is 2.81 bits per heavy atom. The van der Waals surface area contributed by atoms with Crippen molar-refractivity contribution in [1.29, 1.82) is 0 Å². The van der Waals surface area contributed by atoms with Gasteiger partial charge in [0, 0.05) is 6.54 Å². The summed E-state index contributed by atoms with van der Waals surface area (Å²) in [6.45, 7) is 1.91. The Morgan fingerprint density at radius 2 is 2.24 bits per heavy atom. The van der Waals surface area contributed by atoms with Crippen molar-refractivity contribution in [3.05, 3.63) is 17.9 Å². The Labute approximate surface area is 123 Å². The van der Waals surface area contributed by atoms with Gasteiger partial charge in [-0.05, 0) is 30.9 Å². The van der Waals surface area contributed by atoms with Gasteiger partial charge >= 0.3 is 5.97 Å². The van der Waals surface area contributed by atoms with Gasteiger partial charge in [-0.25, -0.2) is 17.9 Å². The van der Waals surface area contributed by atoms with Crippen LogP contribution >= 0.6 is 0 Å². The Hall–Kier alpha value is -1.38. The summed E-state index contributed by atoms with van der Waals surface area (Å²) in [7, 11) is -3.97. The zero-order valence-corrected chi connectivity index (χ0v) is 12.5. The molecule has 0 aliphatic heterocycles. The van der Waals surface area contributed by atoms with Crippen molar-refractivity contribution >= 4 is 16.0 Å². The summed E-state index contributed by atoms with van der Waals surface area (Å²) < 4.78 is 31.1. The molecule has 1 fully saturated rings. The molecular formula is C13H19NO6S. The van der Waals surface area contributed by atoms with E-state index in [4.69, 9.17) is 9.52 Å². The van der Waals surface area contributed by atoms with Crippen molar-refractivity contribution < 1.29 is 27.8 Å². The van der Waals surface area contributed by atoms with Crippen LogP contribution in [-0.4, -0.2) is 36.7 Å². The molecule has 1 saturated carbocycles. The van der Waals surface area contributed by atoms with E-state index in [1.54, 1.807) is 0 Å². The van der Waals surface area contributed by atoms with E-state index in [1.165, 1.54) is 0 Å². The van der Waals surface area contributed by atoms with Crippen molar-refractivity contribution in [2.45, 2.75) is 43.3 Å². The number of carboxylic acid groups (broad SMARTS) is 1. The highest BCUT2D eigenvalue weighted by Gasteiger charge is 2.34. The fourth-order valence-electron chi connectivity index (χ4n) is 2.67. The van der Waals surface area contributed by atoms with Crippen LogP contribution in [0, 0.1) is 5.92 Å². The molecule has 1 aromatic heterocycles. The van der Waals surface area contributed by atoms with Crippen LogP contribution in [-0.2, 0) is 10.0 Å². The maximum Gasteiger partial charge on any atom is 0.371 e. The van der Waals surface area contributed by atoms with Gasteiger partial charge in [0.05, 0.1) is 5.60 Å². The highest BCUT2D eigenvalue weighted by molar-refractivity contribution is 7.89. The number of aromatic carboxylic acids is 1. The van der Waals surface area contributed by atoms with E-state index in [1.807, 2.05) is 6.92 Å². The van der Waals surface area contributed by atoms with Crippen LogP contribution < -0.4 is 4.72 Å². The minimum Gasteiger partial charge on any atom is -0.475 e. The van der Waals surface area contributed by atoms with Crippen LogP contribution in [0.3, 0.4) is 0 Å². The third-order valence-electron chi connectivity index (χ3n) is 3.72. The van der Waals surface area contributed by atoms with Crippen LogP contribution in [0.25, 0.3) is 0 Å². The third-order valence-corrected chi connectivity index (χ3v) is 4.99. The highest BCUT2D eigenvalue weighted by atomic mass is 32.2. The molecule has 0 amide bonds. The fourth-order valence-corrected chi connectivity index (χ4v) is 3.72. The molecule has 0 bridgehead atoms. The largest absolute Gasteiger partial charge is 0.475 e. The highest BCUT2D eigenvalue weighted by Crippen LogP contribution is 2.32. The minimum absolute atomic E-state index is 0.108. The zero-order valence-electron chi connectivity index (χ0n) is 11.7. The first-order chi connectivity index (χ1) is 9.72. The third kappa shape index (κ3) is 3.84. The van der Waals surface area contributed by atoms with Crippen molar-refractivity contribution in [2.24, 2.45) is 5.92 Å². The Morgan fingerprint density at radius 1 is 1.52 bits per heavy atom. The average molecular weight is 317 g/mol. The SMILES string of the molecule is CC1CCCC(O)(CNS(=O)(=O)c2ccc(C(=O)O)o2)C1. The number of rotatable bonds is 5. The van der Waals surface area contributed by atoms with E-state index in [9.17, 15) is 18.3 Å². The van der Waals surface area contributed by atoms with Gasteiger partial charge in [0.1, 0.15) is 0 Å². The van der Waals surface area contributed by atoms with Gasteiger partial charge < -0.3 is 14.6 Å². The van der Waals surface area contributed by atoms with E-state index in [0.717, 1.165) is 25.0 Å². The molecule has 2 unspecified atom stereocenters. The van der Waals surface area contributed by atoms with Crippen molar-refractivity contribution in [1.82, 2.24) is 4.72 Å². The smallest absolute Gasteiger partial charge is 0.371 e. The van der Waals surface area contributed by atoms with Gasteiger partial charge in [0.2, 0.25) is 10.9 Å². The van der Waals surface area contributed by atoms with Crippen LogP contribution in [0.2, 0.25) is 0 Å². The maximum absolute atomic E-state index is 12.0. The van der Waals surface area contributed by atoms with Gasteiger partial charge in [0.25, 0.3) is 10.0 Å². The lowest BCUT2D eigenvalue weighted by Crippen LogP contribution is -2.45. The van der Waals surface area contributed by atoms with Crippen molar-refractivity contribution in [2.75, 3.05) is 6.54 Å². The second-order valence-electron chi connectivity index (χ2n) is 5.67. The number of sulfonamides is 1. The second-order valence-corrected chi connectivity index (χ2v) is 7.37. The Kier molecular flexibility index (Phi) is 4.40. The normalized spacial score (nSPS) is 26.7. The first kappa shape index (κ1) is 16.0. The topological polar surface area (TPSA) is 117 Å². The second kappa shape index (κ2) is 5.78. The molecule has 21 heavy (non-hydrogen) atoms. The van der Waals surface area contributed by atoms with Crippen LogP contribution in [0.15, 0.2) is 21.6 Å². The lowest BCUT2D eigenvalue weighted by molar-refractivity contribution is -0.00758. The van der Waals surface area contributed by atoms with Gasteiger partial charge in [-0.15, -0.1) is 0 Å². The Balaban J connectivity index is 2.05. The summed E-state index contributed by atoms with van der Waals surface area (Å²) in [6, 6.07) is 2.16. The number of carbonyl (C=O) groups is 1. The van der Waals surface area contributed by atoms with Crippen molar-refractivity contribution in [3.8, 4) is 0 Å². The number of nitrogens with one attached hydrogen (secondary N) is 1. The molecule has 2 rings (SSSR count). The molecule has 1 aliphatic carbocycles. The quantitative estimate of drug-likeness (QED) is 0.751. The molecule has 3 N–H and O–H groups in total. The van der Waals surface area contributed by atoms with Gasteiger partial charge in [0.15, 0.2) is 0 Å². The molecule has 0 spiro atoms. The standard InChI is InChI=1S/C13H19NO6S/c1-9-3-2-6-13(17,7-9)8-14-21(18,19)11-5-4-10(20-11)12(15)16/h4-5,9,14,17H,2-3,6-8H2,1H3,(H,15,16). The van der Waals surface area contributed by atoms with Gasteiger partial charge in [-0.1, -0.05) is 19.8 Å². The Bertz CT molecular complexity index is 622. The monoisotopic (exact) mass is 317 g/mol. The summed E-state index contributed by atoms with van der Waals surface area (Å²) in [5.74, 6) is -1.44. The molecule has 0 radical (unpaired) electrons. The van der Waals surface area contributed by atoms with E-state index in [-0.39, 0.29) is 6.54 Å². The molecule has 2 atom stereocenters. The van der Waals surface area contributed by atoms with Crippen LogP contribution in [0.4, 0.5) is 0 Å². The number of carboxylic acids is 1. The summed E-state index contributed by atoms with van der Waals surface area (Å²) in [4.78, 5) is 10.7. The minimum atomic E-state index is -3.97. The van der Waals surface area contributed by atoms with E-state index >= 15 is 0 Å². The first-order valence-corrected chi connectivity index (χ1v) is 8.25. The lowest BCUT2D eigenvalue weighted by atomic mass is 9.79. The fraction of sp³-hybridized carbons (Fsp3) is 0.615. The molecule has 1 aromatic rings. The molecule has 118 valence electrons. The average Bonchev–Trinajstić information content (AvgIpc) is 2.87. The molecular weight excluding hydrogens is 298 g/mol. The predicted molar refractivity (Wildman–Crippen MR) is 73.4 cm³/mol. The van der Waals surface area contributed by atoms with E-state index in [2.05, 4.69) is 4.72 Å². The lowest BCUT2D eigenvalue weighted by Gasteiger charge is -2.35. The van der Waals surface area contributed by atoms with Crippen molar-refractivity contribution in [3.63, 3.8) is 0 Å². The predicted octanol–water partition coefficient (Wildman–Crippen LogP) is 1.20. The maximum atomic E-state index is 12.0. The molecule has 1 heterocycles. The van der Waals surface area contributed by atoms with E-state index in [0.29, 0.717) is 18.8 Å². The number of hydrogen-bond acceptors (Lipinski definition) is 5. The van der Waals surface area contributed by atoms with E-state index < -0.39 is 32.4 Å². The zero-order chi connectivity index (χ0) is 15.7. The summed E-state index contributed by atoms with van der Waals surface area (Å²) >= 11 is 0. The molecule has 1 aliphatic rings. The number of furan rings is 1. The number of aliphatic hydroxyl groups is 1. The molecule has 0 aromatic carbocycles. The summed E-state index contributed by atoms with van der Waals surface area (Å²) in [5.41, 5.74) is -1.06. The number of hydrogen-bond donors (Lipinski definition) is 3. The van der Waals surface area contributed by atoms with Gasteiger partial charge in [-0.2, -0.15) is 0 Å². The van der Waals surface area contributed by atoms with Gasteiger partial charge in [-0.3, -0.25) is 0 Å². The molecule has 8 heteroatoms. The van der Waals surface area contributed by atoms with Crippen LogP contribution in [0.5, 0.6) is 0 Å². The summed E-state index contributed by atoms with van der Waals surface area (Å²) in [5, 5.41) is 18.6. The molecule has 7 nitrogen and oxygen atoms in total. The van der Waals surface area contributed by atoms with Crippen LogP contribution in [0.1, 0.15) is 43.2 Å².